The first-order chi connectivity index (χ1) is 10.0. The van der Waals surface area contributed by atoms with E-state index >= 15 is 0 Å². The molecule has 0 aliphatic rings. The summed E-state index contributed by atoms with van der Waals surface area (Å²) in [5.41, 5.74) is 1.40. The summed E-state index contributed by atoms with van der Waals surface area (Å²) in [6.07, 6.45) is 1.64. The van der Waals surface area contributed by atoms with E-state index in [1.54, 1.807) is 18.3 Å². The van der Waals surface area contributed by atoms with Crippen molar-refractivity contribution in [3.05, 3.63) is 58.6 Å². The number of nitrogens with zero attached hydrogens (tertiary/aromatic N) is 1. The minimum absolute atomic E-state index is 0.147. The Balaban J connectivity index is 1.91. The molecule has 0 fully saturated rings. The van der Waals surface area contributed by atoms with Gasteiger partial charge in [-0.25, -0.2) is 4.39 Å². The summed E-state index contributed by atoms with van der Waals surface area (Å²) in [6.45, 7) is 5.02. The highest BCUT2D eigenvalue weighted by molar-refractivity contribution is 6.30. The van der Waals surface area contributed by atoms with Gasteiger partial charge < -0.3 is 10.1 Å². The molecule has 112 valence electrons. The Kier molecular flexibility index (Phi) is 5.53. The van der Waals surface area contributed by atoms with E-state index in [1.807, 2.05) is 12.1 Å². The second kappa shape index (κ2) is 7.38. The van der Waals surface area contributed by atoms with E-state index in [9.17, 15) is 4.39 Å². The topological polar surface area (TPSA) is 34.1 Å². The van der Waals surface area contributed by atoms with E-state index in [0.29, 0.717) is 28.9 Å². The highest BCUT2D eigenvalue weighted by Crippen LogP contribution is 2.17. The summed E-state index contributed by atoms with van der Waals surface area (Å²) < 4.78 is 19.1. The van der Waals surface area contributed by atoms with Gasteiger partial charge in [0.25, 0.3) is 0 Å². The van der Waals surface area contributed by atoms with Gasteiger partial charge in [-0.1, -0.05) is 31.5 Å². The molecule has 0 bridgehead atoms. The van der Waals surface area contributed by atoms with Crippen molar-refractivity contribution in [2.24, 2.45) is 0 Å². The number of rotatable bonds is 6. The smallest absolute Gasteiger partial charge is 0.138 e. The van der Waals surface area contributed by atoms with Gasteiger partial charge in [0.1, 0.15) is 18.2 Å². The summed E-state index contributed by atoms with van der Waals surface area (Å²) in [4.78, 5) is 4.30. The van der Waals surface area contributed by atoms with Gasteiger partial charge in [0.2, 0.25) is 0 Å². The molecule has 1 aromatic carbocycles. The molecular weight excluding hydrogens is 291 g/mol. The zero-order valence-corrected chi connectivity index (χ0v) is 12.8. The molecule has 2 rings (SSSR count). The van der Waals surface area contributed by atoms with Gasteiger partial charge >= 0.3 is 0 Å². The standard InChI is InChI=1S/C16H18ClFN2O/c1-11(2)19-8-14-5-6-15(9-20-14)21-10-12-3-4-13(17)7-16(12)18/h3-7,9,11,19H,8,10H2,1-2H3. The molecule has 21 heavy (non-hydrogen) atoms. The summed E-state index contributed by atoms with van der Waals surface area (Å²) in [6, 6.07) is 8.67. The Morgan fingerprint density at radius 2 is 2.10 bits per heavy atom. The van der Waals surface area contributed by atoms with Crippen molar-refractivity contribution < 1.29 is 9.13 Å². The Bertz CT molecular complexity index is 587. The van der Waals surface area contributed by atoms with Crippen molar-refractivity contribution in [3.8, 4) is 5.75 Å². The van der Waals surface area contributed by atoms with Gasteiger partial charge in [0.05, 0.1) is 11.9 Å². The maximum Gasteiger partial charge on any atom is 0.138 e. The van der Waals surface area contributed by atoms with Crippen LogP contribution in [0.15, 0.2) is 36.5 Å². The van der Waals surface area contributed by atoms with E-state index in [1.165, 1.54) is 6.07 Å². The van der Waals surface area contributed by atoms with Gasteiger partial charge in [-0.05, 0) is 24.3 Å². The van der Waals surface area contributed by atoms with Crippen molar-refractivity contribution in [3.63, 3.8) is 0 Å². The SMILES string of the molecule is CC(C)NCc1ccc(OCc2ccc(Cl)cc2F)cn1. The van der Waals surface area contributed by atoms with Crippen LogP contribution >= 0.6 is 11.6 Å². The first-order valence-electron chi connectivity index (χ1n) is 6.79. The highest BCUT2D eigenvalue weighted by atomic mass is 35.5. The monoisotopic (exact) mass is 308 g/mol. The Hall–Kier alpha value is -1.65. The van der Waals surface area contributed by atoms with Crippen molar-refractivity contribution >= 4 is 11.6 Å². The Labute approximate surface area is 129 Å². The molecule has 0 saturated heterocycles. The van der Waals surface area contributed by atoms with Crippen LogP contribution in [0, 0.1) is 5.82 Å². The average Bonchev–Trinajstić information content (AvgIpc) is 2.45. The number of hydrogen-bond acceptors (Lipinski definition) is 3. The van der Waals surface area contributed by atoms with Crippen LogP contribution in [0.1, 0.15) is 25.1 Å². The lowest BCUT2D eigenvalue weighted by Crippen LogP contribution is -2.22. The lowest BCUT2D eigenvalue weighted by Gasteiger charge is -2.09. The third-order valence-electron chi connectivity index (χ3n) is 2.90. The quantitative estimate of drug-likeness (QED) is 0.877. The zero-order valence-electron chi connectivity index (χ0n) is 12.1. The van der Waals surface area contributed by atoms with E-state index in [0.717, 1.165) is 5.69 Å². The molecule has 0 amide bonds. The molecule has 3 nitrogen and oxygen atoms in total. The van der Waals surface area contributed by atoms with Crippen molar-refractivity contribution in [1.82, 2.24) is 10.3 Å². The van der Waals surface area contributed by atoms with Gasteiger partial charge in [-0.15, -0.1) is 0 Å². The normalized spacial score (nSPS) is 10.9. The van der Waals surface area contributed by atoms with Crippen molar-refractivity contribution in [2.75, 3.05) is 0 Å². The second-order valence-corrected chi connectivity index (χ2v) is 5.48. The lowest BCUT2D eigenvalue weighted by molar-refractivity contribution is 0.298. The third kappa shape index (κ3) is 4.99. The Morgan fingerprint density at radius 3 is 2.71 bits per heavy atom. The summed E-state index contributed by atoms with van der Waals surface area (Å²) >= 11 is 5.71. The minimum atomic E-state index is -0.367. The van der Waals surface area contributed by atoms with Crippen LogP contribution in [0.3, 0.4) is 0 Å². The molecule has 1 aromatic heterocycles. The highest BCUT2D eigenvalue weighted by Gasteiger charge is 2.04. The van der Waals surface area contributed by atoms with E-state index < -0.39 is 0 Å². The van der Waals surface area contributed by atoms with Gasteiger partial charge in [0.15, 0.2) is 0 Å². The molecule has 5 heteroatoms. The van der Waals surface area contributed by atoms with Crippen LogP contribution in [0.2, 0.25) is 5.02 Å². The number of halogens is 2. The lowest BCUT2D eigenvalue weighted by atomic mass is 10.2. The molecule has 0 spiro atoms. The molecular formula is C16H18ClFN2O. The number of hydrogen-bond donors (Lipinski definition) is 1. The fourth-order valence-electron chi connectivity index (χ4n) is 1.71. The van der Waals surface area contributed by atoms with Crippen LogP contribution in [0.4, 0.5) is 4.39 Å². The number of nitrogens with one attached hydrogen (secondary N) is 1. The third-order valence-corrected chi connectivity index (χ3v) is 3.13. The number of aromatic nitrogens is 1. The molecule has 0 aliphatic carbocycles. The maximum atomic E-state index is 13.6. The van der Waals surface area contributed by atoms with Crippen LogP contribution in [-0.4, -0.2) is 11.0 Å². The van der Waals surface area contributed by atoms with Gasteiger partial charge in [-0.3, -0.25) is 4.98 Å². The first kappa shape index (κ1) is 15.7. The molecule has 0 unspecified atom stereocenters. The molecule has 0 radical (unpaired) electrons. The maximum absolute atomic E-state index is 13.6. The van der Waals surface area contributed by atoms with Gasteiger partial charge in [-0.2, -0.15) is 0 Å². The average molecular weight is 309 g/mol. The van der Waals surface area contributed by atoms with Gasteiger partial charge in [0, 0.05) is 23.2 Å². The minimum Gasteiger partial charge on any atom is -0.487 e. The summed E-state index contributed by atoms with van der Waals surface area (Å²) in [5.74, 6) is 0.242. The predicted molar refractivity (Wildman–Crippen MR) is 82.0 cm³/mol. The molecule has 0 atom stereocenters. The van der Waals surface area contributed by atoms with E-state index in [-0.39, 0.29) is 12.4 Å². The van der Waals surface area contributed by atoms with Crippen LogP contribution in [-0.2, 0) is 13.2 Å². The summed E-state index contributed by atoms with van der Waals surface area (Å²) in [7, 11) is 0. The van der Waals surface area contributed by atoms with Crippen LogP contribution in [0.25, 0.3) is 0 Å². The Morgan fingerprint density at radius 1 is 1.29 bits per heavy atom. The molecule has 2 aromatic rings. The van der Waals surface area contributed by atoms with E-state index in [4.69, 9.17) is 16.3 Å². The number of pyridine rings is 1. The molecule has 1 N–H and O–H groups in total. The number of ether oxygens (including phenoxy) is 1. The molecule has 0 aliphatic heterocycles. The number of benzene rings is 1. The fraction of sp³-hybridized carbons (Fsp3) is 0.312. The summed E-state index contributed by atoms with van der Waals surface area (Å²) in [5, 5.41) is 3.66. The van der Waals surface area contributed by atoms with Crippen molar-refractivity contribution in [1.29, 1.82) is 0 Å². The van der Waals surface area contributed by atoms with Crippen LogP contribution < -0.4 is 10.1 Å². The first-order valence-corrected chi connectivity index (χ1v) is 7.17. The van der Waals surface area contributed by atoms with Crippen molar-refractivity contribution in [2.45, 2.75) is 33.0 Å². The van der Waals surface area contributed by atoms with E-state index in [2.05, 4.69) is 24.1 Å². The largest absolute Gasteiger partial charge is 0.487 e. The zero-order chi connectivity index (χ0) is 15.2. The second-order valence-electron chi connectivity index (χ2n) is 5.05. The fourth-order valence-corrected chi connectivity index (χ4v) is 1.87. The predicted octanol–water partition coefficient (Wildman–Crippen LogP) is 3.95. The molecule has 1 heterocycles. The van der Waals surface area contributed by atoms with Crippen LogP contribution in [0.5, 0.6) is 5.75 Å². The molecule has 0 saturated carbocycles.